The van der Waals surface area contributed by atoms with Crippen LogP contribution in [-0.4, -0.2) is 48.9 Å². The minimum atomic E-state index is -0.623. The summed E-state index contributed by atoms with van der Waals surface area (Å²) in [4.78, 5) is 37.3. The van der Waals surface area contributed by atoms with E-state index in [1.807, 2.05) is 30.3 Å². The Morgan fingerprint density at radius 2 is 1.72 bits per heavy atom. The van der Waals surface area contributed by atoms with Gasteiger partial charge in [0, 0.05) is 18.7 Å². The number of hydrogen-bond acceptors (Lipinski definition) is 4. The van der Waals surface area contributed by atoms with Gasteiger partial charge < -0.3 is 15.0 Å². The molecule has 2 aromatic carbocycles. The molecule has 2 aromatic rings. The van der Waals surface area contributed by atoms with Crippen molar-refractivity contribution in [3.05, 3.63) is 48.0 Å². The first kappa shape index (κ1) is 17.0. The number of hydrogen-bond donors (Lipinski definition) is 1. The Labute approximate surface area is 145 Å². The van der Waals surface area contributed by atoms with Gasteiger partial charge in [0.1, 0.15) is 6.54 Å². The summed E-state index contributed by atoms with van der Waals surface area (Å²) in [7, 11) is 0. The second-order valence-electron chi connectivity index (χ2n) is 5.99. The Hall–Kier alpha value is -2.89. The lowest BCUT2D eigenvalue weighted by Crippen LogP contribution is -2.35. The van der Waals surface area contributed by atoms with Crippen molar-refractivity contribution >= 4 is 28.6 Å². The van der Waals surface area contributed by atoms with E-state index in [0.29, 0.717) is 5.56 Å². The number of fused-ring (bicyclic) bond motifs is 1. The largest absolute Gasteiger partial charge is 0.454 e. The van der Waals surface area contributed by atoms with Crippen LogP contribution in [0.15, 0.2) is 42.5 Å². The van der Waals surface area contributed by atoms with Gasteiger partial charge in [0.15, 0.2) is 6.61 Å². The molecule has 6 nitrogen and oxygen atoms in total. The summed E-state index contributed by atoms with van der Waals surface area (Å²) >= 11 is 0. The normalized spacial score (nSPS) is 13.7. The lowest BCUT2D eigenvalue weighted by Gasteiger charge is -2.15. The Morgan fingerprint density at radius 3 is 2.48 bits per heavy atom. The Kier molecular flexibility index (Phi) is 5.28. The number of esters is 1. The van der Waals surface area contributed by atoms with Crippen LogP contribution in [0.2, 0.25) is 0 Å². The lowest BCUT2D eigenvalue weighted by molar-refractivity contribution is -0.150. The number of rotatable bonds is 5. The smallest absolute Gasteiger partial charge is 0.325 e. The maximum atomic E-state index is 12.1. The van der Waals surface area contributed by atoms with Crippen LogP contribution < -0.4 is 5.32 Å². The van der Waals surface area contributed by atoms with Crippen LogP contribution in [0.1, 0.15) is 23.2 Å². The highest BCUT2D eigenvalue weighted by atomic mass is 16.5. The van der Waals surface area contributed by atoms with Gasteiger partial charge in [-0.15, -0.1) is 0 Å². The molecule has 1 fully saturated rings. The number of benzene rings is 2. The van der Waals surface area contributed by atoms with Crippen molar-refractivity contribution in [2.24, 2.45) is 0 Å². The minimum absolute atomic E-state index is 0.188. The molecule has 0 atom stereocenters. The molecular weight excluding hydrogens is 320 g/mol. The van der Waals surface area contributed by atoms with Gasteiger partial charge in [-0.25, -0.2) is 0 Å². The molecule has 2 amide bonds. The molecule has 0 aromatic heterocycles. The number of likely N-dealkylation sites (tertiary alicyclic amines) is 1. The second-order valence-corrected chi connectivity index (χ2v) is 5.99. The number of carbonyl (C=O) groups is 3. The first-order chi connectivity index (χ1) is 12.1. The second kappa shape index (κ2) is 7.79. The van der Waals surface area contributed by atoms with Gasteiger partial charge in [0.05, 0.1) is 0 Å². The van der Waals surface area contributed by atoms with Gasteiger partial charge in [-0.3, -0.25) is 14.4 Å². The molecular formula is C19H20N2O4. The monoisotopic (exact) mass is 340 g/mol. The number of nitrogens with zero attached hydrogens (tertiary/aromatic N) is 1. The SMILES string of the molecule is O=C(CNC(=O)c1ccc2ccccc2c1)OCC(=O)N1CCCC1. The third-order valence-corrected chi connectivity index (χ3v) is 4.22. The topological polar surface area (TPSA) is 75.7 Å². The molecule has 1 saturated heterocycles. The Bertz CT molecular complexity index is 797. The van der Waals surface area contributed by atoms with Gasteiger partial charge in [0.25, 0.3) is 11.8 Å². The predicted molar refractivity (Wildman–Crippen MR) is 93.1 cm³/mol. The summed E-state index contributed by atoms with van der Waals surface area (Å²) in [5.41, 5.74) is 0.472. The van der Waals surface area contributed by atoms with Crippen LogP contribution in [0.4, 0.5) is 0 Å². The fourth-order valence-electron chi connectivity index (χ4n) is 2.84. The Morgan fingerprint density at radius 1 is 1.00 bits per heavy atom. The van der Waals surface area contributed by atoms with E-state index in [1.165, 1.54) is 0 Å². The zero-order valence-electron chi connectivity index (χ0n) is 13.9. The zero-order chi connectivity index (χ0) is 17.6. The van der Waals surface area contributed by atoms with E-state index in [0.717, 1.165) is 36.7 Å². The highest BCUT2D eigenvalue weighted by Crippen LogP contribution is 2.15. The van der Waals surface area contributed by atoms with Crippen LogP contribution >= 0.6 is 0 Å². The molecule has 25 heavy (non-hydrogen) atoms. The van der Waals surface area contributed by atoms with Crippen LogP contribution in [0.3, 0.4) is 0 Å². The molecule has 1 heterocycles. The summed E-state index contributed by atoms with van der Waals surface area (Å²) in [6.45, 7) is 0.897. The number of carbonyl (C=O) groups excluding carboxylic acids is 3. The first-order valence-electron chi connectivity index (χ1n) is 8.34. The zero-order valence-corrected chi connectivity index (χ0v) is 13.9. The van der Waals surface area contributed by atoms with Gasteiger partial charge in [-0.1, -0.05) is 30.3 Å². The maximum absolute atomic E-state index is 12.1. The van der Waals surface area contributed by atoms with E-state index in [4.69, 9.17) is 4.74 Å². The molecule has 1 aliphatic heterocycles. The van der Waals surface area contributed by atoms with E-state index in [9.17, 15) is 14.4 Å². The molecule has 1 N–H and O–H groups in total. The molecule has 0 bridgehead atoms. The Balaban J connectivity index is 1.47. The van der Waals surface area contributed by atoms with Crippen molar-refractivity contribution < 1.29 is 19.1 Å². The molecule has 3 rings (SSSR count). The molecule has 0 radical (unpaired) electrons. The molecule has 6 heteroatoms. The summed E-state index contributed by atoms with van der Waals surface area (Å²) in [5, 5.41) is 4.51. The van der Waals surface area contributed by atoms with E-state index in [2.05, 4.69) is 5.32 Å². The van der Waals surface area contributed by atoms with Crippen LogP contribution in [0.5, 0.6) is 0 Å². The first-order valence-corrected chi connectivity index (χ1v) is 8.34. The van der Waals surface area contributed by atoms with Gasteiger partial charge in [-0.2, -0.15) is 0 Å². The van der Waals surface area contributed by atoms with Gasteiger partial charge in [0.2, 0.25) is 0 Å². The molecule has 0 aliphatic carbocycles. The third kappa shape index (κ3) is 4.35. The van der Waals surface area contributed by atoms with Crippen LogP contribution in [0, 0.1) is 0 Å². The number of nitrogens with one attached hydrogen (secondary N) is 1. The van der Waals surface area contributed by atoms with Crippen molar-refractivity contribution in [3.63, 3.8) is 0 Å². The highest BCUT2D eigenvalue weighted by molar-refractivity contribution is 5.99. The summed E-state index contributed by atoms with van der Waals surface area (Å²) in [6, 6.07) is 13.1. The fraction of sp³-hybridized carbons (Fsp3) is 0.316. The van der Waals surface area contributed by atoms with Crippen molar-refractivity contribution in [3.8, 4) is 0 Å². The van der Waals surface area contributed by atoms with Gasteiger partial charge in [-0.05, 0) is 35.7 Å². The summed E-state index contributed by atoms with van der Waals surface area (Å²) < 4.78 is 4.93. The number of ether oxygens (including phenoxy) is 1. The summed E-state index contributed by atoms with van der Waals surface area (Å²) in [5.74, 6) is -1.16. The van der Waals surface area contributed by atoms with Gasteiger partial charge >= 0.3 is 5.97 Å². The van der Waals surface area contributed by atoms with Crippen molar-refractivity contribution in [1.82, 2.24) is 10.2 Å². The molecule has 0 saturated carbocycles. The van der Waals surface area contributed by atoms with E-state index in [-0.39, 0.29) is 25.0 Å². The average Bonchev–Trinajstić information content (AvgIpc) is 3.18. The van der Waals surface area contributed by atoms with Crippen LogP contribution in [0.25, 0.3) is 10.8 Å². The molecule has 1 aliphatic rings. The highest BCUT2D eigenvalue weighted by Gasteiger charge is 2.19. The lowest BCUT2D eigenvalue weighted by atomic mass is 10.1. The van der Waals surface area contributed by atoms with E-state index < -0.39 is 5.97 Å². The quantitative estimate of drug-likeness (QED) is 0.841. The minimum Gasteiger partial charge on any atom is -0.454 e. The van der Waals surface area contributed by atoms with Crippen molar-refractivity contribution in [2.45, 2.75) is 12.8 Å². The maximum Gasteiger partial charge on any atom is 0.325 e. The standard InChI is InChI=1S/C19H20N2O4/c22-17(21-9-3-4-10-21)13-25-18(23)12-20-19(24)16-8-7-14-5-1-2-6-15(14)11-16/h1-2,5-8,11H,3-4,9-10,12-13H2,(H,20,24). The number of amides is 2. The fourth-order valence-corrected chi connectivity index (χ4v) is 2.84. The third-order valence-electron chi connectivity index (χ3n) is 4.22. The van der Waals surface area contributed by atoms with Crippen LogP contribution in [-0.2, 0) is 14.3 Å². The van der Waals surface area contributed by atoms with Crippen molar-refractivity contribution in [2.75, 3.05) is 26.2 Å². The average molecular weight is 340 g/mol. The van der Waals surface area contributed by atoms with E-state index >= 15 is 0 Å². The predicted octanol–water partition coefficient (Wildman–Crippen LogP) is 1.74. The molecule has 0 spiro atoms. The molecule has 0 unspecified atom stereocenters. The van der Waals surface area contributed by atoms with E-state index in [1.54, 1.807) is 17.0 Å². The summed E-state index contributed by atoms with van der Waals surface area (Å²) in [6.07, 6.45) is 1.98. The molecule has 130 valence electrons. The van der Waals surface area contributed by atoms with Crippen molar-refractivity contribution in [1.29, 1.82) is 0 Å².